The van der Waals surface area contributed by atoms with Gasteiger partial charge in [0.15, 0.2) is 0 Å². The molecule has 2 amide bonds. The average molecular weight is 205 g/mol. The number of urea groups is 1. The summed E-state index contributed by atoms with van der Waals surface area (Å²) in [7, 11) is 1.69. The number of thiol groups is 1. The predicted molar refractivity (Wildman–Crippen MR) is 53.7 cm³/mol. The van der Waals surface area contributed by atoms with E-state index in [9.17, 15) is 9.59 Å². The lowest BCUT2D eigenvalue weighted by Gasteiger charge is -2.11. The van der Waals surface area contributed by atoms with Crippen LogP contribution in [-0.4, -0.2) is 30.8 Å². The van der Waals surface area contributed by atoms with E-state index in [2.05, 4.69) is 23.3 Å². The third-order valence-electron chi connectivity index (χ3n) is 1.62. The maximum Gasteiger partial charge on any atom is 0.312 e. The van der Waals surface area contributed by atoms with Crippen LogP contribution in [0.4, 0.5) is 4.79 Å². The van der Waals surface area contributed by atoms with E-state index in [1.54, 1.807) is 7.05 Å². The van der Waals surface area contributed by atoms with Gasteiger partial charge in [-0.2, -0.15) is 0 Å². The molecule has 0 aliphatic carbocycles. The van der Waals surface area contributed by atoms with Gasteiger partial charge in [0, 0.05) is 6.54 Å². The lowest BCUT2D eigenvalue weighted by molar-refractivity contribution is -0.112. The smallest absolute Gasteiger partial charge is 0.312 e. The SMILES string of the molecule is CNC(CCCNC(N)=O)C(=O)S. The lowest BCUT2D eigenvalue weighted by atomic mass is 10.2. The Balaban J connectivity index is 3.50. The van der Waals surface area contributed by atoms with Gasteiger partial charge in [-0.05, 0) is 19.9 Å². The molecule has 0 aromatic rings. The summed E-state index contributed by atoms with van der Waals surface area (Å²) in [4.78, 5) is 21.1. The Hall–Kier alpha value is -0.750. The highest BCUT2D eigenvalue weighted by Gasteiger charge is 2.11. The molecule has 13 heavy (non-hydrogen) atoms. The molecule has 0 aliphatic rings. The van der Waals surface area contributed by atoms with Gasteiger partial charge in [-0.25, -0.2) is 4.79 Å². The first-order chi connectivity index (χ1) is 6.07. The maximum absolute atomic E-state index is 10.8. The number of hydrogen-bond acceptors (Lipinski definition) is 3. The van der Waals surface area contributed by atoms with Gasteiger partial charge in [0.1, 0.15) is 0 Å². The predicted octanol–water partition coefficient (Wildman–Crippen LogP) is -0.521. The molecule has 1 unspecified atom stereocenters. The molecule has 5 nitrogen and oxygen atoms in total. The zero-order valence-electron chi connectivity index (χ0n) is 7.54. The molecule has 0 fully saturated rings. The normalized spacial score (nSPS) is 12.2. The van der Waals surface area contributed by atoms with Crippen LogP contribution >= 0.6 is 12.6 Å². The van der Waals surface area contributed by atoms with E-state index >= 15 is 0 Å². The zero-order chi connectivity index (χ0) is 10.3. The Labute approximate surface area is 82.8 Å². The summed E-state index contributed by atoms with van der Waals surface area (Å²) in [5.74, 6) is 0. The fourth-order valence-electron chi connectivity index (χ4n) is 0.909. The molecule has 0 heterocycles. The van der Waals surface area contributed by atoms with Crippen LogP contribution in [0.25, 0.3) is 0 Å². The van der Waals surface area contributed by atoms with Crippen LogP contribution in [0, 0.1) is 0 Å². The average Bonchev–Trinajstić information content (AvgIpc) is 2.03. The van der Waals surface area contributed by atoms with Crippen molar-refractivity contribution in [1.29, 1.82) is 0 Å². The minimum absolute atomic E-state index is 0.193. The fraction of sp³-hybridized carbons (Fsp3) is 0.714. The number of primary amides is 1. The molecule has 0 saturated carbocycles. The lowest BCUT2D eigenvalue weighted by Crippen LogP contribution is -2.34. The Bertz CT molecular complexity index is 187. The summed E-state index contributed by atoms with van der Waals surface area (Å²) in [6.45, 7) is 0.481. The first-order valence-electron chi connectivity index (χ1n) is 4.01. The molecule has 1 atom stereocenters. The molecule has 0 aromatic heterocycles. The zero-order valence-corrected chi connectivity index (χ0v) is 8.43. The molecule has 4 N–H and O–H groups in total. The van der Waals surface area contributed by atoms with Gasteiger partial charge in [0.25, 0.3) is 0 Å². The second kappa shape index (κ2) is 6.73. The van der Waals surface area contributed by atoms with Crippen LogP contribution in [0.3, 0.4) is 0 Å². The maximum atomic E-state index is 10.8. The van der Waals surface area contributed by atoms with Crippen LogP contribution in [0.5, 0.6) is 0 Å². The highest BCUT2D eigenvalue weighted by atomic mass is 32.1. The third-order valence-corrected chi connectivity index (χ3v) is 1.93. The van der Waals surface area contributed by atoms with Crippen LogP contribution in [-0.2, 0) is 4.79 Å². The molecule has 0 saturated heterocycles. The molecular weight excluding hydrogens is 190 g/mol. The number of likely N-dealkylation sites (N-methyl/N-ethyl adjacent to an activating group) is 1. The topological polar surface area (TPSA) is 84.2 Å². The summed E-state index contributed by atoms with van der Waals surface area (Å²) in [5.41, 5.74) is 4.85. The number of nitrogens with one attached hydrogen (secondary N) is 2. The molecule has 0 spiro atoms. The Morgan fingerprint density at radius 3 is 2.54 bits per heavy atom. The van der Waals surface area contributed by atoms with Gasteiger partial charge >= 0.3 is 6.03 Å². The quantitative estimate of drug-likeness (QED) is 0.348. The van der Waals surface area contributed by atoms with Gasteiger partial charge in [-0.1, -0.05) is 0 Å². The highest BCUT2D eigenvalue weighted by molar-refractivity contribution is 7.96. The van der Waals surface area contributed by atoms with E-state index in [1.165, 1.54) is 0 Å². The first kappa shape index (κ1) is 12.2. The van der Waals surface area contributed by atoms with Crippen molar-refractivity contribution in [3.63, 3.8) is 0 Å². The van der Waals surface area contributed by atoms with E-state index in [4.69, 9.17) is 5.73 Å². The molecule has 76 valence electrons. The highest BCUT2D eigenvalue weighted by Crippen LogP contribution is 1.99. The van der Waals surface area contributed by atoms with Gasteiger partial charge in [-0.15, -0.1) is 12.6 Å². The van der Waals surface area contributed by atoms with Crippen molar-refractivity contribution in [2.45, 2.75) is 18.9 Å². The van der Waals surface area contributed by atoms with Crippen LogP contribution in [0.15, 0.2) is 0 Å². The van der Waals surface area contributed by atoms with E-state index < -0.39 is 6.03 Å². The molecule has 0 radical (unpaired) electrons. The molecule has 0 rings (SSSR count). The number of nitrogens with two attached hydrogens (primary N) is 1. The molecule has 0 aliphatic heterocycles. The first-order valence-corrected chi connectivity index (χ1v) is 4.46. The summed E-state index contributed by atoms with van der Waals surface area (Å²) in [6, 6.07) is -0.795. The van der Waals surface area contributed by atoms with Crippen LogP contribution < -0.4 is 16.4 Å². The van der Waals surface area contributed by atoms with Crippen molar-refractivity contribution in [2.75, 3.05) is 13.6 Å². The van der Waals surface area contributed by atoms with Crippen molar-refractivity contribution in [1.82, 2.24) is 10.6 Å². The summed E-state index contributed by atoms with van der Waals surface area (Å²) in [6.07, 6.45) is 1.33. The number of carbonyl (C=O) groups excluding carboxylic acids is 2. The van der Waals surface area contributed by atoms with Crippen molar-refractivity contribution in [3.8, 4) is 0 Å². The Morgan fingerprint density at radius 2 is 2.15 bits per heavy atom. The fourth-order valence-corrected chi connectivity index (χ4v) is 1.17. The minimum atomic E-state index is -0.543. The largest absolute Gasteiger partial charge is 0.352 e. The van der Waals surface area contributed by atoms with Crippen LogP contribution in [0.1, 0.15) is 12.8 Å². The number of rotatable bonds is 6. The number of carbonyl (C=O) groups is 2. The van der Waals surface area contributed by atoms with Crippen molar-refractivity contribution < 1.29 is 9.59 Å². The standard InChI is InChI=1S/C7H15N3O2S/c1-9-5(6(11)13)3-2-4-10-7(8)12/h5,9H,2-4H2,1H3,(H,11,13)(H3,8,10,12). The molecular formula is C7H15N3O2S. The third kappa shape index (κ3) is 6.41. The van der Waals surface area contributed by atoms with E-state index in [0.29, 0.717) is 19.4 Å². The summed E-state index contributed by atoms with van der Waals surface area (Å²) in [5, 5.41) is 5.07. The molecule has 0 aromatic carbocycles. The number of hydrogen-bond donors (Lipinski definition) is 4. The van der Waals surface area contributed by atoms with E-state index in [1.807, 2.05) is 0 Å². The van der Waals surface area contributed by atoms with Gasteiger partial charge in [0.2, 0.25) is 5.12 Å². The van der Waals surface area contributed by atoms with E-state index in [0.717, 1.165) is 0 Å². The molecule has 6 heteroatoms. The minimum Gasteiger partial charge on any atom is -0.352 e. The summed E-state index contributed by atoms with van der Waals surface area (Å²) >= 11 is 3.70. The van der Waals surface area contributed by atoms with Gasteiger partial charge in [-0.3, -0.25) is 4.79 Å². The Morgan fingerprint density at radius 1 is 1.54 bits per heavy atom. The second-order valence-corrected chi connectivity index (χ2v) is 3.05. The van der Waals surface area contributed by atoms with Crippen molar-refractivity contribution in [3.05, 3.63) is 0 Å². The number of amides is 2. The molecule has 0 bridgehead atoms. The van der Waals surface area contributed by atoms with Crippen molar-refractivity contribution in [2.24, 2.45) is 5.73 Å². The van der Waals surface area contributed by atoms with Crippen LogP contribution in [0.2, 0.25) is 0 Å². The Kier molecular flexibility index (Phi) is 6.34. The van der Waals surface area contributed by atoms with Gasteiger partial charge in [0.05, 0.1) is 6.04 Å². The monoisotopic (exact) mass is 205 g/mol. The van der Waals surface area contributed by atoms with Crippen molar-refractivity contribution >= 4 is 23.8 Å². The summed E-state index contributed by atoms with van der Waals surface area (Å²) < 4.78 is 0. The second-order valence-electron chi connectivity index (χ2n) is 2.61. The van der Waals surface area contributed by atoms with Gasteiger partial charge < -0.3 is 16.4 Å². The van der Waals surface area contributed by atoms with E-state index in [-0.39, 0.29) is 11.2 Å².